The predicted molar refractivity (Wildman–Crippen MR) is 100.0 cm³/mol. The first-order valence-corrected chi connectivity index (χ1v) is 10.2. The molecule has 1 amide bonds. The Morgan fingerprint density at radius 3 is 2.32 bits per heavy atom. The van der Waals surface area contributed by atoms with Crippen LogP contribution >= 0.6 is 11.8 Å². The van der Waals surface area contributed by atoms with E-state index >= 15 is 0 Å². The van der Waals surface area contributed by atoms with E-state index in [1.54, 1.807) is 19.1 Å². The van der Waals surface area contributed by atoms with Crippen LogP contribution in [-0.4, -0.2) is 30.9 Å². The van der Waals surface area contributed by atoms with E-state index in [-0.39, 0.29) is 16.0 Å². The summed E-state index contributed by atoms with van der Waals surface area (Å²) in [5.41, 5.74) is 1.81. The number of sulfonamides is 1. The van der Waals surface area contributed by atoms with Crippen molar-refractivity contribution in [3.05, 3.63) is 65.7 Å². The van der Waals surface area contributed by atoms with E-state index in [1.807, 2.05) is 37.3 Å². The maximum atomic E-state index is 12.6. The van der Waals surface area contributed by atoms with Crippen LogP contribution in [0.15, 0.2) is 63.9 Å². The number of hydrogen-bond acceptors (Lipinski definition) is 4. The van der Waals surface area contributed by atoms with Crippen LogP contribution in [0.2, 0.25) is 0 Å². The average Bonchev–Trinajstić information content (AvgIpc) is 2.91. The van der Waals surface area contributed by atoms with E-state index < -0.39 is 15.3 Å². The topological polar surface area (TPSA) is 66.8 Å². The highest BCUT2D eigenvalue weighted by molar-refractivity contribution is 8.15. The zero-order chi connectivity index (χ0) is 18.0. The Kier molecular flexibility index (Phi) is 4.96. The monoisotopic (exact) mass is 374 g/mol. The number of carbonyl (C=O) groups excluding carboxylic acids is 1. The third-order valence-corrected chi connectivity index (χ3v) is 6.51. The second-order valence-electron chi connectivity index (χ2n) is 5.65. The summed E-state index contributed by atoms with van der Waals surface area (Å²) in [5, 5.41) is -0.241. The summed E-state index contributed by atoms with van der Waals surface area (Å²) >= 11 is 1.18. The second-order valence-corrected chi connectivity index (χ2v) is 8.33. The lowest BCUT2D eigenvalue weighted by atomic mass is 10.1. The minimum absolute atomic E-state index is 0.123. The Labute approximate surface area is 151 Å². The van der Waals surface area contributed by atoms with E-state index in [9.17, 15) is 13.2 Å². The summed E-state index contributed by atoms with van der Waals surface area (Å²) in [6.45, 7) is 4.06. The quantitative estimate of drug-likeness (QED) is 0.823. The van der Waals surface area contributed by atoms with Crippen molar-refractivity contribution < 1.29 is 13.2 Å². The van der Waals surface area contributed by atoms with Crippen molar-refractivity contribution in [3.63, 3.8) is 0 Å². The normalized spacial score (nSPS) is 19.6. The minimum Gasteiger partial charge on any atom is -0.290 e. The van der Waals surface area contributed by atoms with Crippen molar-refractivity contribution in [3.8, 4) is 0 Å². The van der Waals surface area contributed by atoms with Crippen LogP contribution in [0.4, 0.5) is 0 Å². The zero-order valence-electron chi connectivity index (χ0n) is 13.9. The van der Waals surface area contributed by atoms with E-state index in [1.165, 1.54) is 28.8 Å². The van der Waals surface area contributed by atoms with Crippen molar-refractivity contribution in [2.75, 3.05) is 6.54 Å². The van der Waals surface area contributed by atoms with Crippen LogP contribution in [0.3, 0.4) is 0 Å². The fourth-order valence-electron chi connectivity index (χ4n) is 2.52. The lowest BCUT2D eigenvalue weighted by molar-refractivity contribution is -0.126. The van der Waals surface area contributed by atoms with E-state index in [2.05, 4.69) is 4.40 Å². The van der Waals surface area contributed by atoms with Gasteiger partial charge in [0.1, 0.15) is 5.25 Å². The molecule has 25 heavy (non-hydrogen) atoms. The molecule has 0 spiro atoms. The molecule has 0 aliphatic carbocycles. The highest BCUT2D eigenvalue weighted by atomic mass is 32.2. The number of likely N-dealkylation sites (N-methyl/N-ethyl adjacent to an activating group) is 1. The predicted octanol–water partition coefficient (Wildman–Crippen LogP) is 3.38. The molecule has 1 saturated heterocycles. The molecule has 1 atom stereocenters. The Hall–Kier alpha value is -2.12. The lowest BCUT2D eigenvalue weighted by Gasteiger charge is -2.13. The zero-order valence-corrected chi connectivity index (χ0v) is 15.5. The maximum Gasteiger partial charge on any atom is 0.284 e. The molecule has 5 nitrogen and oxygen atoms in total. The van der Waals surface area contributed by atoms with Gasteiger partial charge in [-0.25, -0.2) is 0 Å². The summed E-state index contributed by atoms with van der Waals surface area (Å²) in [6.07, 6.45) is 0. The van der Waals surface area contributed by atoms with Gasteiger partial charge in [-0.05, 0) is 31.5 Å². The van der Waals surface area contributed by atoms with Crippen molar-refractivity contribution in [2.45, 2.75) is 24.0 Å². The molecular weight excluding hydrogens is 356 g/mol. The van der Waals surface area contributed by atoms with Crippen LogP contribution in [0.5, 0.6) is 0 Å². The van der Waals surface area contributed by atoms with E-state index in [0.29, 0.717) is 6.54 Å². The summed E-state index contributed by atoms with van der Waals surface area (Å²) < 4.78 is 29.1. The van der Waals surface area contributed by atoms with Crippen LogP contribution in [-0.2, 0) is 14.8 Å². The minimum atomic E-state index is -3.86. The van der Waals surface area contributed by atoms with Crippen molar-refractivity contribution in [1.82, 2.24) is 4.90 Å². The number of amidine groups is 1. The first-order chi connectivity index (χ1) is 11.9. The number of aryl methyl sites for hydroxylation is 1. The van der Waals surface area contributed by atoms with Crippen LogP contribution in [0.1, 0.15) is 23.3 Å². The summed E-state index contributed by atoms with van der Waals surface area (Å²) in [5.74, 6) is -0.142. The standard InChI is InChI=1S/C18H18N2O3S2/c1-3-20-17(21)16(14-7-5-4-6-8-14)24-18(20)19-25(22,23)15-11-9-13(2)10-12-15/h4-12,16H,3H2,1-2H3. The molecule has 0 saturated carbocycles. The Balaban J connectivity index is 1.96. The summed E-state index contributed by atoms with van der Waals surface area (Å²) in [7, 11) is -3.86. The molecule has 1 aliphatic rings. The fourth-order valence-corrected chi connectivity index (χ4v) is 4.96. The molecule has 0 aromatic heterocycles. The van der Waals surface area contributed by atoms with Gasteiger partial charge in [-0.3, -0.25) is 9.69 Å². The first-order valence-electron chi connectivity index (χ1n) is 7.87. The van der Waals surface area contributed by atoms with Crippen molar-refractivity contribution >= 4 is 32.9 Å². The van der Waals surface area contributed by atoms with Crippen LogP contribution < -0.4 is 0 Å². The first kappa shape index (κ1) is 17.7. The molecule has 1 aliphatic heterocycles. The van der Waals surface area contributed by atoms with Crippen molar-refractivity contribution in [2.24, 2.45) is 4.40 Å². The van der Waals surface area contributed by atoms with Gasteiger partial charge in [-0.15, -0.1) is 4.40 Å². The van der Waals surface area contributed by atoms with Gasteiger partial charge in [0.25, 0.3) is 10.0 Å². The molecule has 1 heterocycles. The van der Waals surface area contributed by atoms with Gasteiger partial charge >= 0.3 is 0 Å². The number of carbonyl (C=O) groups is 1. The number of thioether (sulfide) groups is 1. The van der Waals surface area contributed by atoms with E-state index in [4.69, 9.17) is 0 Å². The molecular formula is C18H18N2O3S2. The third-order valence-electron chi connectivity index (χ3n) is 3.88. The number of hydrogen-bond donors (Lipinski definition) is 0. The van der Waals surface area contributed by atoms with Gasteiger partial charge in [0.2, 0.25) is 5.91 Å². The SMILES string of the molecule is CCN1C(=O)C(c2ccccc2)SC1=NS(=O)(=O)c1ccc(C)cc1. The maximum absolute atomic E-state index is 12.6. The van der Waals surface area contributed by atoms with Gasteiger partial charge in [0.05, 0.1) is 4.90 Å². The van der Waals surface area contributed by atoms with Gasteiger partial charge in [0.15, 0.2) is 5.17 Å². The molecule has 0 N–H and O–H groups in total. The third kappa shape index (κ3) is 3.62. The highest BCUT2D eigenvalue weighted by Gasteiger charge is 2.39. The van der Waals surface area contributed by atoms with Gasteiger partial charge in [-0.1, -0.05) is 59.8 Å². The average molecular weight is 374 g/mol. The number of nitrogens with zero attached hydrogens (tertiary/aromatic N) is 2. The number of benzene rings is 2. The molecule has 1 fully saturated rings. The Morgan fingerprint density at radius 1 is 1.08 bits per heavy atom. The largest absolute Gasteiger partial charge is 0.290 e. The van der Waals surface area contributed by atoms with Gasteiger partial charge in [-0.2, -0.15) is 8.42 Å². The molecule has 3 rings (SSSR count). The molecule has 2 aromatic carbocycles. The Morgan fingerprint density at radius 2 is 1.72 bits per heavy atom. The molecule has 1 unspecified atom stereocenters. The lowest BCUT2D eigenvalue weighted by Crippen LogP contribution is -2.30. The smallest absolute Gasteiger partial charge is 0.284 e. The Bertz CT molecular complexity index is 907. The molecule has 0 radical (unpaired) electrons. The molecule has 0 bridgehead atoms. The van der Waals surface area contributed by atoms with E-state index in [0.717, 1.165) is 11.1 Å². The van der Waals surface area contributed by atoms with Gasteiger partial charge in [0, 0.05) is 6.54 Å². The fraction of sp³-hybridized carbons (Fsp3) is 0.222. The second kappa shape index (κ2) is 7.01. The number of rotatable bonds is 4. The summed E-state index contributed by atoms with van der Waals surface area (Å²) in [4.78, 5) is 14.2. The molecule has 7 heteroatoms. The number of amides is 1. The molecule has 130 valence electrons. The highest BCUT2D eigenvalue weighted by Crippen LogP contribution is 2.39. The summed E-state index contributed by atoms with van der Waals surface area (Å²) in [6, 6.07) is 15.8. The molecule has 2 aromatic rings. The van der Waals surface area contributed by atoms with Crippen molar-refractivity contribution in [1.29, 1.82) is 0 Å². The van der Waals surface area contributed by atoms with Gasteiger partial charge < -0.3 is 0 Å². The van der Waals surface area contributed by atoms with Crippen LogP contribution in [0.25, 0.3) is 0 Å². The van der Waals surface area contributed by atoms with Crippen LogP contribution in [0, 0.1) is 6.92 Å².